The van der Waals surface area contributed by atoms with Crippen molar-refractivity contribution in [2.75, 3.05) is 5.32 Å². The molecule has 21 heavy (non-hydrogen) atoms. The first-order valence-electron chi connectivity index (χ1n) is 7.46. The third kappa shape index (κ3) is 2.37. The van der Waals surface area contributed by atoms with Crippen molar-refractivity contribution in [3.63, 3.8) is 0 Å². The number of H-pyrrole nitrogens is 1. The molecule has 0 unspecified atom stereocenters. The van der Waals surface area contributed by atoms with Gasteiger partial charge in [-0.2, -0.15) is 0 Å². The summed E-state index contributed by atoms with van der Waals surface area (Å²) in [6, 6.07) is 12.8. The van der Waals surface area contributed by atoms with Crippen LogP contribution < -0.4 is 5.32 Å². The van der Waals surface area contributed by atoms with Crippen LogP contribution in [0.2, 0.25) is 0 Å². The van der Waals surface area contributed by atoms with Gasteiger partial charge >= 0.3 is 0 Å². The predicted octanol–water partition coefficient (Wildman–Crippen LogP) is 4.01. The zero-order valence-electron chi connectivity index (χ0n) is 12.0. The summed E-state index contributed by atoms with van der Waals surface area (Å²) in [5.74, 6) is 1.60. The Morgan fingerprint density at radius 3 is 2.76 bits per heavy atom. The fraction of sp³-hybridized carbons (Fsp3) is 0.294. The van der Waals surface area contributed by atoms with Crippen LogP contribution in [-0.4, -0.2) is 15.0 Å². The average Bonchev–Trinajstić information content (AvgIpc) is 3.28. The molecule has 2 N–H and O–H groups in total. The van der Waals surface area contributed by atoms with E-state index in [1.165, 1.54) is 24.1 Å². The predicted molar refractivity (Wildman–Crippen MR) is 84.3 cm³/mol. The lowest BCUT2D eigenvalue weighted by Crippen LogP contribution is -2.08. The summed E-state index contributed by atoms with van der Waals surface area (Å²) in [7, 11) is 0. The van der Waals surface area contributed by atoms with Gasteiger partial charge in [-0.05, 0) is 37.3 Å². The van der Waals surface area contributed by atoms with Gasteiger partial charge in [-0.1, -0.05) is 30.3 Å². The standard InChI is InChI=1S/C17H18N4/c1-11(12-5-3-2-4-6-12)20-16-14-9-15(13-7-8-13)21-17(14)19-10-18-16/h2-6,9-11,13H,7-8H2,1H3,(H2,18,19,20,21)/t11-/m1/s1. The van der Waals surface area contributed by atoms with E-state index >= 15 is 0 Å². The van der Waals surface area contributed by atoms with E-state index in [4.69, 9.17) is 0 Å². The molecular weight excluding hydrogens is 260 g/mol. The summed E-state index contributed by atoms with van der Waals surface area (Å²) in [6.45, 7) is 2.15. The Morgan fingerprint density at radius 2 is 2.00 bits per heavy atom. The first-order chi connectivity index (χ1) is 10.3. The number of rotatable bonds is 4. The molecule has 1 fully saturated rings. The first-order valence-corrected chi connectivity index (χ1v) is 7.46. The molecule has 0 saturated heterocycles. The first kappa shape index (κ1) is 12.4. The number of fused-ring (bicyclic) bond motifs is 1. The molecule has 0 amide bonds. The number of aromatic nitrogens is 3. The van der Waals surface area contributed by atoms with Gasteiger partial charge in [-0.15, -0.1) is 0 Å². The molecule has 0 spiro atoms. The molecule has 1 saturated carbocycles. The van der Waals surface area contributed by atoms with Crippen LogP contribution in [0.5, 0.6) is 0 Å². The van der Waals surface area contributed by atoms with Gasteiger partial charge in [0.2, 0.25) is 0 Å². The molecule has 4 nitrogen and oxygen atoms in total. The van der Waals surface area contributed by atoms with E-state index in [2.05, 4.69) is 57.5 Å². The van der Waals surface area contributed by atoms with E-state index in [9.17, 15) is 0 Å². The fourth-order valence-electron chi connectivity index (χ4n) is 2.72. The number of anilines is 1. The van der Waals surface area contributed by atoms with Crippen molar-refractivity contribution < 1.29 is 0 Å². The van der Waals surface area contributed by atoms with Gasteiger partial charge in [0.25, 0.3) is 0 Å². The molecule has 0 radical (unpaired) electrons. The molecule has 2 aromatic heterocycles. The Bertz CT molecular complexity index is 759. The summed E-state index contributed by atoms with van der Waals surface area (Å²) < 4.78 is 0. The highest BCUT2D eigenvalue weighted by Crippen LogP contribution is 2.41. The minimum atomic E-state index is 0.212. The van der Waals surface area contributed by atoms with E-state index in [0.717, 1.165) is 16.9 Å². The second-order valence-corrected chi connectivity index (χ2v) is 5.76. The van der Waals surface area contributed by atoms with Gasteiger partial charge in [0.05, 0.1) is 5.39 Å². The molecule has 1 aliphatic carbocycles. The van der Waals surface area contributed by atoms with Crippen molar-refractivity contribution in [1.29, 1.82) is 0 Å². The summed E-state index contributed by atoms with van der Waals surface area (Å²) in [6.07, 6.45) is 4.18. The van der Waals surface area contributed by atoms with Crippen LogP contribution in [0.1, 0.15) is 43.0 Å². The van der Waals surface area contributed by atoms with Crippen LogP contribution in [0.4, 0.5) is 5.82 Å². The van der Waals surface area contributed by atoms with Crippen molar-refractivity contribution >= 4 is 16.9 Å². The van der Waals surface area contributed by atoms with Crippen LogP contribution in [0.15, 0.2) is 42.7 Å². The maximum Gasteiger partial charge on any atom is 0.143 e. The van der Waals surface area contributed by atoms with Crippen LogP contribution in [0, 0.1) is 0 Å². The largest absolute Gasteiger partial charge is 0.363 e. The molecule has 3 aromatic rings. The molecule has 1 aliphatic rings. The van der Waals surface area contributed by atoms with Crippen LogP contribution in [-0.2, 0) is 0 Å². The van der Waals surface area contributed by atoms with Gasteiger partial charge < -0.3 is 10.3 Å². The van der Waals surface area contributed by atoms with Gasteiger partial charge in [-0.3, -0.25) is 0 Å². The van der Waals surface area contributed by atoms with Crippen LogP contribution >= 0.6 is 0 Å². The van der Waals surface area contributed by atoms with E-state index in [0.29, 0.717) is 5.92 Å². The Labute approximate surface area is 123 Å². The number of benzene rings is 1. The molecule has 106 valence electrons. The zero-order chi connectivity index (χ0) is 14.2. The molecule has 0 bridgehead atoms. The van der Waals surface area contributed by atoms with Crippen LogP contribution in [0.25, 0.3) is 11.0 Å². The van der Waals surface area contributed by atoms with E-state index < -0.39 is 0 Å². The minimum absolute atomic E-state index is 0.212. The second-order valence-electron chi connectivity index (χ2n) is 5.76. The molecule has 0 aliphatic heterocycles. The summed E-state index contributed by atoms with van der Waals surface area (Å²) in [5, 5.41) is 4.59. The Morgan fingerprint density at radius 1 is 1.19 bits per heavy atom. The lowest BCUT2D eigenvalue weighted by molar-refractivity contribution is 0.876. The van der Waals surface area contributed by atoms with Crippen molar-refractivity contribution in [3.8, 4) is 0 Å². The fourth-order valence-corrected chi connectivity index (χ4v) is 2.72. The van der Waals surface area contributed by atoms with Gasteiger partial charge in [-0.25, -0.2) is 9.97 Å². The SMILES string of the molecule is C[C@@H](Nc1ncnc2[nH]c(C3CC3)cc12)c1ccccc1. The lowest BCUT2D eigenvalue weighted by atomic mass is 10.1. The monoisotopic (exact) mass is 278 g/mol. The van der Waals surface area contributed by atoms with E-state index in [-0.39, 0.29) is 6.04 Å². The number of hydrogen-bond acceptors (Lipinski definition) is 3. The number of hydrogen-bond donors (Lipinski definition) is 2. The minimum Gasteiger partial charge on any atom is -0.363 e. The highest BCUT2D eigenvalue weighted by Gasteiger charge is 2.26. The zero-order valence-corrected chi connectivity index (χ0v) is 12.0. The number of nitrogens with zero attached hydrogens (tertiary/aromatic N) is 2. The normalized spacial score (nSPS) is 16.0. The van der Waals surface area contributed by atoms with Crippen molar-refractivity contribution in [1.82, 2.24) is 15.0 Å². The summed E-state index contributed by atoms with van der Waals surface area (Å²) in [4.78, 5) is 12.2. The smallest absolute Gasteiger partial charge is 0.143 e. The Hall–Kier alpha value is -2.36. The molecule has 2 heterocycles. The highest BCUT2D eigenvalue weighted by atomic mass is 15.1. The second kappa shape index (κ2) is 4.88. The van der Waals surface area contributed by atoms with E-state index in [1.807, 2.05) is 6.07 Å². The maximum absolute atomic E-state index is 4.42. The molecule has 1 aromatic carbocycles. The summed E-state index contributed by atoms with van der Waals surface area (Å²) in [5.41, 5.74) is 3.47. The Balaban J connectivity index is 1.66. The van der Waals surface area contributed by atoms with Gasteiger partial charge in [0.1, 0.15) is 17.8 Å². The van der Waals surface area contributed by atoms with Gasteiger partial charge in [0, 0.05) is 11.7 Å². The van der Waals surface area contributed by atoms with Crippen LogP contribution in [0.3, 0.4) is 0 Å². The quantitative estimate of drug-likeness (QED) is 0.758. The van der Waals surface area contributed by atoms with Crippen molar-refractivity contribution in [2.45, 2.75) is 31.7 Å². The third-order valence-electron chi connectivity index (χ3n) is 4.12. The van der Waals surface area contributed by atoms with Crippen molar-refractivity contribution in [2.24, 2.45) is 0 Å². The van der Waals surface area contributed by atoms with Crippen molar-refractivity contribution in [3.05, 3.63) is 54.0 Å². The highest BCUT2D eigenvalue weighted by molar-refractivity contribution is 5.88. The lowest BCUT2D eigenvalue weighted by Gasteiger charge is -2.15. The molecular formula is C17H18N4. The topological polar surface area (TPSA) is 53.6 Å². The summed E-state index contributed by atoms with van der Waals surface area (Å²) >= 11 is 0. The average molecular weight is 278 g/mol. The number of aromatic amines is 1. The Kier molecular flexibility index (Phi) is 2.88. The third-order valence-corrected chi connectivity index (χ3v) is 4.12. The number of nitrogens with one attached hydrogen (secondary N) is 2. The van der Waals surface area contributed by atoms with E-state index in [1.54, 1.807) is 6.33 Å². The molecule has 1 atom stereocenters. The maximum atomic E-state index is 4.42. The molecule has 4 heteroatoms. The van der Waals surface area contributed by atoms with Gasteiger partial charge in [0.15, 0.2) is 0 Å². The molecule has 4 rings (SSSR count).